The van der Waals surface area contributed by atoms with Gasteiger partial charge < -0.3 is 19.4 Å². The number of carbonyl (C=O) groups is 1. The molecule has 150 valence electrons. The van der Waals surface area contributed by atoms with Crippen LogP contribution in [0.3, 0.4) is 0 Å². The fourth-order valence-corrected chi connectivity index (χ4v) is 3.43. The first-order valence-corrected chi connectivity index (χ1v) is 9.53. The Kier molecular flexibility index (Phi) is 5.10. The predicted octanol–water partition coefficient (Wildman–Crippen LogP) is 3.83. The number of phenolic OH excluding ortho intramolecular Hbond substituents is 1. The number of Topliss-reactive ketones (excluding diaryl/α,β-unsaturated/α-hetero) is 1. The van der Waals surface area contributed by atoms with E-state index < -0.39 is 29.0 Å². The minimum absolute atomic E-state index is 0.01000. The van der Waals surface area contributed by atoms with Gasteiger partial charge in [0.25, 0.3) is 0 Å². The smallest absolute Gasteiger partial charge is 0.336 e. The first-order valence-electron chi connectivity index (χ1n) is 9.53. The summed E-state index contributed by atoms with van der Waals surface area (Å²) in [5, 5.41) is 21.3. The monoisotopic (exact) mass is 390 g/mol. The summed E-state index contributed by atoms with van der Waals surface area (Å²) >= 11 is 0. The highest BCUT2D eigenvalue weighted by Gasteiger charge is 2.34. The summed E-state index contributed by atoms with van der Waals surface area (Å²) in [4.78, 5) is 25.3. The Morgan fingerprint density at radius 2 is 2.07 bits per heavy atom. The van der Waals surface area contributed by atoms with E-state index in [0.717, 1.165) is 6.42 Å². The van der Waals surface area contributed by atoms with Gasteiger partial charge in [-0.15, -0.1) is 0 Å². The summed E-state index contributed by atoms with van der Waals surface area (Å²) in [6.07, 6.45) is 3.96. The molecule has 0 bridgehead atoms. The molecule has 0 radical (unpaired) electrons. The predicted molar refractivity (Wildman–Crippen MR) is 107 cm³/mol. The number of fused-ring (bicyclic) bond motifs is 3. The van der Waals surface area contributed by atoms with Crippen molar-refractivity contribution in [2.45, 2.75) is 59.2 Å². The van der Waals surface area contributed by atoms with Crippen molar-refractivity contribution in [2.24, 2.45) is 5.92 Å². The summed E-state index contributed by atoms with van der Waals surface area (Å²) in [6, 6.07) is 1.41. The second-order valence-corrected chi connectivity index (χ2v) is 7.94. The van der Waals surface area contributed by atoms with Gasteiger partial charge in [-0.2, -0.15) is 0 Å². The average molecular weight is 390 g/mol. The maximum absolute atomic E-state index is 13.1. The van der Waals surface area contributed by atoms with E-state index in [1.807, 2.05) is 20.8 Å². The van der Waals surface area contributed by atoms with Gasteiger partial charge in [-0.1, -0.05) is 20.3 Å². The number of aromatic hydroxyl groups is 1. The van der Waals surface area contributed by atoms with Gasteiger partial charge >= 0.3 is 5.63 Å². The molecule has 0 saturated heterocycles. The molecule has 2 heterocycles. The lowest BCUT2D eigenvalue weighted by Gasteiger charge is -2.30. The molecule has 1 aromatic carbocycles. The van der Waals surface area contributed by atoms with Crippen LogP contribution in [0.5, 0.6) is 11.5 Å². The topological polar surface area (TPSA) is 97.0 Å². The van der Waals surface area contributed by atoms with Crippen molar-refractivity contribution in [3.05, 3.63) is 39.3 Å². The van der Waals surface area contributed by atoms with Gasteiger partial charge in [-0.25, -0.2) is 4.79 Å². The molecule has 0 spiro atoms. The Morgan fingerprint density at radius 3 is 2.68 bits per heavy atom. The number of aryl methyl sites for hydroxylation is 1. The molecule has 1 aliphatic rings. The zero-order valence-electron chi connectivity index (χ0n) is 16.8. The molecular formula is C22H26O6. The number of rotatable bonds is 5. The standard InChI is InChI=1S/C22H26O6/c1-6-7-13-10-15(24)27-21-16(13)20-14(8-9-22(4,5)28-20)19(26)17(21)18(25)11(2)12(3)23/h8-12,23,26H,6-7H2,1-5H3/t11-,12-/m1/s1/i3+2,12+2. The van der Waals surface area contributed by atoms with Gasteiger partial charge in [0.2, 0.25) is 0 Å². The Hall–Kier alpha value is -2.60. The molecule has 0 saturated carbocycles. The van der Waals surface area contributed by atoms with Crippen molar-refractivity contribution in [3.8, 4) is 11.5 Å². The van der Waals surface area contributed by atoms with E-state index in [0.29, 0.717) is 28.7 Å². The Bertz CT molecular complexity index is 1030. The SMILES string of the molecule is CCCc1cc(=O)oc2c(C(=O)[C@H](C)[14C@@H]([14CH3])O)c(O)c3c(c12)OC(C)(C)C=C3. The van der Waals surface area contributed by atoms with Crippen LogP contribution in [0.25, 0.3) is 17.0 Å². The number of carbonyl (C=O) groups excluding carboxylic acids is 1. The van der Waals surface area contributed by atoms with E-state index in [1.54, 1.807) is 19.1 Å². The van der Waals surface area contributed by atoms with E-state index >= 15 is 0 Å². The third kappa shape index (κ3) is 3.33. The quantitative estimate of drug-likeness (QED) is 0.595. The molecular weight excluding hydrogens is 364 g/mol. The maximum Gasteiger partial charge on any atom is 0.336 e. The normalized spacial score (nSPS) is 17.1. The van der Waals surface area contributed by atoms with E-state index in [9.17, 15) is 19.8 Å². The number of aliphatic hydroxyl groups excluding tert-OH is 1. The van der Waals surface area contributed by atoms with Crippen LogP contribution in [0.1, 0.15) is 62.5 Å². The number of hydrogen-bond donors (Lipinski definition) is 2. The maximum atomic E-state index is 13.1. The van der Waals surface area contributed by atoms with Crippen LogP contribution >= 0.6 is 0 Å². The van der Waals surface area contributed by atoms with E-state index in [-0.39, 0.29) is 16.9 Å². The van der Waals surface area contributed by atoms with Gasteiger partial charge in [0.1, 0.15) is 22.7 Å². The fraction of sp³-hybridized carbons (Fsp3) is 0.455. The molecule has 0 unspecified atom stereocenters. The van der Waals surface area contributed by atoms with Crippen molar-refractivity contribution in [1.29, 1.82) is 0 Å². The lowest BCUT2D eigenvalue weighted by Crippen LogP contribution is -2.29. The van der Waals surface area contributed by atoms with Gasteiger partial charge in [-0.3, -0.25) is 4.79 Å². The molecule has 6 nitrogen and oxygen atoms in total. The van der Waals surface area contributed by atoms with Gasteiger partial charge in [0, 0.05) is 12.0 Å². The Morgan fingerprint density at radius 1 is 1.39 bits per heavy atom. The molecule has 3 rings (SSSR count). The van der Waals surface area contributed by atoms with Gasteiger partial charge in [-0.05, 0) is 44.9 Å². The highest BCUT2D eigenvalue weighted by molar-refractivity contribution is 6.13. The Labute approximate surface area is 163 Å². The van der Waals surface area contributed by atoms with Crippen molar-refractivity contribution in [2.75, 3.05) is 0 Å². The van der Waals surface area contributed by atoms with Crippen LogP contribution in [0, 0.1) is 5.92 Å². The third-order valence-corrected chi connectivity index (χ3v) is 5.15. The second-order valence-electron chi connectivity index (χ2n) is 7.94. The fourth-order valence-electron chi connectivity index (χ4n) is 3.43. The van der Waals surface area contributed by atoms with Crippen LogP contribution < -0.4 is 10.4 Å². The summed E-state index contributed by atoms with van der Waals surface area (Å²) in [7, 11) is 0. The molecule has 2 aromatic rings. The third-order valence-electron chi connectivity index (χ3n) is 5.15. The molecule has 1 aliphatic heterocycles. The van der Waals surface area contributed by atoms with Gasteiger partial charge in [0.15, 0.2) is 11.4 Å². The highest BCUT2D eigenvalue weighted by Crippen LogP contribution is 2.46. The first kappa shape index (κ1) is 20.1. The molecule has 0 fully saturated rings. The largest absolute Gasteiger partial charge is 0.506 e. The molecule has 2 N–H and O–H groups in total. The first-order chi connectivity index (χ1) is 13.1. The molecule has 6 heteroatoms. The molecule has 0 amide bonds. The van der Waals surface area contributed by atoms with Crippen LogP contribution in [0.2, 0.25) is 0 Å². The number of ether oxygens (including phenoxy) is 1. The van der Waals surface area contributed by atoms with E-state index in [4.69, 9.17) is 9.15 Å². The van der Waals surface area contributed by atoms with Crippen molar-refractivity contribution in [3.63, 3.8) is 0 Å². The molecule has 28 heavy (non-hydrogen) atoms. The van der Waals surface area contributed by atoms with Crippen molar-refractivity contribution >= 4 is 22.8 Å². The van der Waals surface area contributed by atoms with Crippen molar-refractivity contribution < 1.29 is 24.2 Å². The summed E-state index contributed by atoms with van der Waals surface area (Å²) < 4.78 is 11.5. The second kappa shape index (κ2) is 7.09. The summed E-state index contributed by atoms with van der Waals surface area (Å²) in [5.74, 6) is -1.18. The lowest BCUT2D eigenvalue weighted by molar-refractivity contribution is 0.0757. The lowest BCUT2D eigenvalue weighted by atomic mass is 9.91. The van der Waals surface area contributed by atoms with Crippen LogP contribution in [-0.4, -0.2) is 27.7 Å². The zero-order chi connectivity index (χ0) is 20.8. The summed E-state index contributed by atoms with van der Waals surface area (Å²) in [5.41, 5.74) is -0.223. The summed E-state index contributed by atoms with van der Waals surface area (Å²) in [6.45, 7) is 8.82. The van der Waals surface area contributed by atoms with Crippen LogP contribution in [-0.2, 0) is 6.42 Å². The highest BCUT2D eigenvalue weighted by atomic mass is 16.5. The molecule has 1 aromatic heterocycles. The number of benzene rings is 1. The van der Waals surface area contributed by atoms with Crippen LogP contribution in [0.15, 0.2) is 21.4 Å². The number of phenols is 1. The number of aliphatic hydroxyl groups is 1. The zero-order valence-corrected chi connectivity index (χ0v) is 16.8. The van der Waals surface area contributed by atoms with E-state index in [1.165, 1.54) is 13.0 Å². The number of hydrogen-bond acceptors (Lipinski definition) is 6. The van der Waals surface area contributed by atoms with Crippen molar-refractivity contribution in [1.82, 2.24) is 0 Å². The van der Waals surface area contributed by atoms with Gasteiger partial charge in [0.05, 0.1) is 17.1 Å². The molecule has 0 aliphatic carbocycles. The minimum Gasteiger partial charge on any atom is -0.506 e. The molecule has 2 atom stereocenters. The minimum atomic E-state index is -0.922. The Balaban J connectivity index is 2.47. The van der Waals surface area contributed by atoms with E-state index in [2.05, 4.69) is 0 Å². The number of ketones is 1. The average Bonchev–Trinajstić information content (AvgIpc) is 2.59. The van der Waals surface area contributed by atoms with Crippen LogP contribution in [0.4, 0.5) is 0 Å².